The lowest BCUT2D eigenvalue weighted by Gasteiger charge is -2.12. The van der Waals surface area contributed by atoms with Crippen molar-refractivity contribution in [1.29, 1.82) is 0 Å². The Morgan fingerprint density at radius 2 is 1.13 bits per heavy atom. The van der Waals surface area contributed by atoms with Crippen LogP contribution in [0.5, 0.6) is 0 Å². The molecule has 1 aliphatic rings. The number of nitrogens with zero attached hydrogens (tertiary/aromatic N) is 1. The summed E-state index contributed by atoms with van der Waals surface area (Å²) in [5, 5.41) is 13.3. The van der Waals surface area contributed by atoms with Crippen LogP contribution >= 0.6 is 0 Å². The highest BCUT2D eigenvalue weighted by Crippen LogP contribution is 2.14. The van der Waals surface area contributed by atoms with E-state index in [9.17, 15) is 9.90 Å². The number of nitrogens with one attached hydrogen (secondary N) is 1. The largest absolute Gasteiger partial charge is 0.465 e. The molecule has 1 heterocycles. The summed E-state index contributed by atoms with van der Waals surface area (Å²) in [5.74, 6) is 1.21. The molecule has 0 aromatic carbocycles. The van der Waals surface area contributed by atoms with Gasteiger partial charge in [-0.2, -0.15) is 0 Å². The molecule has 274 valence electrons. The topological polar surface area (TPSA) is 61.6 Å². The van der Waals surface area contributed by atoms with Crippen LogP contribution in [0.2, 0.25) is 0 Å². The van der Waals surface area contributed by atoms with Crippen molar-refractivity contribution < 1.29 is 19.2 Å². The lowest BCUT2D eigenvalue weighted by atomic mass is 10.1. The average molecular weight is 660 g/mol. The number of aliphatic hydroxyl groups excluding tert-OH is 1. The molecule has 1 unspecified atom stereocenters. The van der Waals surface area contributed by atoms with E-state index in [2.05, 4.69) is 48.0 Å². The van der Waals surface area contributed by atoms with Crippen molar-refractivity contribution >= 4 is 11.8 Å². The fourth-order valence-corrected chi connectivity index (χ4v) is 6.67. The van der Waals surface area contributed by atoms with Crippen molar-refractivity contribution in [3.05, 3.63) is 24.3 Å². The molecule has 0 spiro atoms. The number of hydrogen-bond donors (Lipinski definition) is 2. The number of rotatable bonds is 35. The molecule has 5 nitrogen and oxygen atoms in total. The van der Waals surface area contributed by atoms with E-state index in [1.54, 1.807) is 0 Å². The van der Waals surface area contributed by atoms with E-state index in [1.807, 2.05) is 0 Å². The van der Waals surface area contributed by atoms with Crippen molar-refractivity contribution in [2.45, 2.75) is 206 Å². The van der Waals surface area contributed by atoms with Crippen LogP contribution < -0.4 is 5.32 Å². The van der Waals surface area contributed by atoms with Crippen LogP contribution in [0.4, 0.5) is 0 Å². The van der Waals surface area contributed by atoms with E-state index in [0.717, 1.165) is 32.2 Å². The molecular formula is C42H79N2O3+. The molecular weight excluding hydrogens is 580 g/mol. The summed E-state index contributed by atoms with van der Waals surface area (Å²) in [4.78, 5) is 12.3. The van der Waals surface area contributed by atoms with Gasteiger partial charge in [0.05, 0.1) is 13.2 Å². The normalized spacial score (nSPS) is 15.0. The van der Waals surface area contributed by atoms with Gasteiger partial charge in [-0.1, -0.05) is 141 Å². The molecule has 1 rings (SSSR count). The van der Waals surface area contributed by atoms with Gasteiger partial charge in [-0.3, -0.25) is 14.7 Å². The molecule has 0 aromatic rings. The summed E-state index contributed by atoms with van der Waals surface area (Å²) in [5.41, 5.74) is 0. The fourth-order valence-electron chi connectivity index (χ4n) is 6.67. The van der Waals surface area contributed by atoms with Crippen LogP contribution in [0.1, 0.15) is 200 Å². The lowest BCUT2D eigenvalue weighted by molar-refractivity contribution is -0.559. The first kappa shape index (κ1) is 43.4. The van der Waals surface area contributed by atoms with E-state index in [1.165, 1.54) is 160 Å². The van der Waals surface area contributed by atoms with Gasteiger partial charge < -0.3 is 9.84 Å². The summed E-state index contributed by atoms with van der Waals surface area (Å²) < 4.78 is 7.92. The molecule has 2 N–H and O–H groups in total. The number of carbonyl (C=O) groups is 1. The van der Waals surface area contributed by atoms with Crippen LogP contribution in [0.15, 0.2) is 24.3 Å². The monoisotopic (exact) mass is 660 g/mol. The first-order chi connectivity index (χ1) is 23.2. The molecule has 0 bridgehead atoms. The minimum atomic E-state index is -0.0557. The van der Waals surface area contributed by atoms with Gasteiger partial charge in [-0.05, 0) is 64.2 Å². The van der Waals surface area contributed by atoms with Gasteiger partial charge in [-0.25, -0.2) is 0 Å². The summed E-state index contributed by atoms with van der Waals surface area (Å²) in [6.07, 6.45) is 45.5. The standard InChI is InChI=1S/C42H78N2O3/c1-3-5-7-9-11-13-15-17-19-21-23-25-27-29-31-33-41-43-39-40(44(41)36-37-45)35-38-47-42(46)34-32-30-28-26-24-22-20-18-16-14-12-10-8-6-4-2/h17-20,40,45H,3-16,21-39H2,1-2H3/p+1/b19-17-,20-18-. The Hall–Kier alpha value is -1.62. The molecule has 0 amide bonds. The summed E-state index contributed by atoms with van der Waals surface area (Å²) >= 11 is 0. The fraction of sp³-hybridized carbons (Fsp3) is 0.857. The highest BCUT2D eigenvalue weighted by atomic mass is 16.5. The number of esters is 1. The Labute approximate surface area is 292 Å². The Bertz CT molecular complexity index is 791. The van der Waals surface area contributed by atoms with Crippen LogP contribution in [-0.2, 0) is 9.53 Å². The van der Waals surface area contributed by atoms with Crippen molar-refractivity contribution in [3.63, 3.8) is 0 Å². The van der Waals surface area contributed by atoms with Gasteiger partial charge >= 0.3 is 5.97 Å². The number of allylic oxidation sites excluding steroid dienone is 4. The van der Waals surface area contributed by atoms with Crippen molar-refractivity contribution in [2.75, 3.05) is 26.3 Å². The van der Waals surface area contributed by atoms with E-state index < -0.39 is 0 Å². The second kappa shape index (κ2) is 34.3. The number of aliphatic hydroxyl groups is 1. The zero-order valence-corrected chi connectivity index (χ0v) is 31.4. The SMILES string of the molecule is CCCCCCCC/C=C\CCCCCCCC(=O)OCCC1CNC(CCCCCCC/C=C\CCCCCCCC)=[N+]1CCO. The zero-order chi connectivity index (χ0) is 33.9. The first-order valence-corrected chi connectivity index (χ1v) is 20.7. The predicted molar refractivity (Wildman–Crippen MR) is 203 cm³/mol. The van der Waals surface area contributed by atoms with Crippen molar-refractivity contribution in [2.24, 2.45) is 0 Å². The molecule has 1 aliphatic heterocycles. The van der Waals surface area contributed by atoms with Crippen LogP contribution in [0, 0.1) is 0 Å². The van der Waals surface area contributed by atoms with Crippen molar-refractivity contribution in [3.8, 4) is 0 Å². The predicted octanol–water partition coefficient (Wildman–Crippen LogP) is 11.4. The van der Waals surface area contributed by atoms with Gasteiger partial charge in [0.1, 0.15) is 19.1 Å². The second-order valence-corrected chi connectivity index (χ2v) is 14.1. The third kappa shape index (κ3) is 27.0. The molecule has 0 saturated carbocycles. The van der Waals surface area contributed by atoms with E-state index >= 15 is 0 Å². The Morgan fingerprint density at radius 1 is 0.681 bits per heavy atom. The molecule has 47 heavy (non-hydrogen) atoms. The summed E-state index contributed by atoms with van der Waals surface area (Å²) in [6, 6.07) is 0.299. The van der Waals surface area contributed by atoms with E-state index in [-0.39, 0.29) is 12.6 Å². The Morgan fingerprint density at radius 3 is 1.62 bits per heavy atom. The minimum absolute atomic E-state index is 0.0557. The number of ether oxygens (including phenoxy) is 1. The number of β-amino-alcohol motifs (C(OH)–C–C–N with tert-alkyl or cyclic N) is 1. The molecule has 0 radical (unpaired) electrons. The van der Waals surface area contributed by atoms with E-state index in [0.29, 0.717) is 25.6 Å². The van der Waals surface area contributed by atoms with Gasteiger partial charge in [0.2, 0.25) is 5.84 Å². The maximum Gasteiger partial charge on any atom is 0.305 e. The Balaban J connectivity index is 2.03. The van der Waals surface area contributed by atoms with Crippen LogP contribution in [0.3, 0.4) is 0 Å². The third-order valence-electron chi connectivity index (χ3n) is 9.70. The van der Waals surface area contributed by atoms with Crippen LogP contribution in [-0.4, -0.2) is 53.8 Å². The Kier molecular flexibility index (Phi) is 31.6. The highest BCUT2D eigenvalue weighted by molar-refractivity contribution is 5.78. The van der Waals surface area contributed by atoms with Crippen molar-refractivity contribution in [1.82, 2.24) is 5.32 Å². The number of hydrogen-bond acceptors (Lipinski definition) is 4. The smallest absolute Gasteiger partial charge is 0.305 e. The van der Waals surface area contributed by atoms with E-state index in [4.69, 9.17) is 4.74 Å². The maximum atomic E-state index is 12.3. The molecule has 5 heteroatoms. The van der Waals surface area contributed by atoms with Gasteiger partial charge in [0, 0.05) is 19.3 Å². The number of unbranched alkanes of at least 4 members (excludes halogenated alkanes) is 22. The quantitative estimate of drug-likeness (QED) is 0.0308. The molecule has 0 aromatic heterocycles. The highest BCUT2D eigenvalue weighted by Gasteiger charge is 2.30. The first-order valence-electron chi connectivity index (χ1n) is 20.7. The minimum Gasteiger partial charge on any atom is -0.465 e. The average Bonchev–Trinajstić information content (AvgIpc) is 3.45. The molecule has 1 atom stereocenters. The molecule has 0 fully saturated rings. The van der Waals surface area contributed by atoms with Gasteiger partial charge in [-0.15, -0.1) is 0 Å². The maximum absolute atomic E-state index is 12.3. The van der Waals surface area contributed by atoms with Gasteiger partial charge in [0.15, 0.2) is 0 Å². The third-order valence-corrected chi connectivity index (χ3v) is 9.70. The van der Waals surface area contributed by atoms with Gasteiger partial charge in [0.25, 0.3) is 0 Å². The summed E-state index contributed by atoms with van der Waals surface area (Å²) in [6.45, 7) is 6.71. The second-order valence-electron chi connectivity index (χ2n) is 14.1. The van der Waals surface area contributed by atoms with Crippen LogP contribution in [0.25, 0.3) is 0 Å². The summed E-state index contributed by atoms with van der Waals surface area (Å²) in [7, 11) is 0. The number of carbonyl (C=O) groups excluding carboxylic acids is 1. The number of amidine groups is 1. The lowest BCUT2D eigenvalue weighted by Crippen LogP contribution is -2.30. The zero-order valence-electron chi connectivity index (χ0n) is 31.4. The molecule has 0 saturated heterocycles. The molecule has 0 aliphatic carbocycles.